The van der Waals surface area contributed by atoms with E-state index < -0.39 is 17.4 Å². The molecule has 0 spiro atoms. The second-order valence-electron chi connectivity index (χ2n) is 6.55. The Hall–Kier alpha value is -4.41. The molecule has 0 saturated heterocycles. The molecule has 0 aliphatic carbocycles. The second kappa shape index (κ2) is 8.53. The van der Waals surface area contributed by atoms with Crippen LogP contribution >= 0.6 is 0 Å². The van der Waals surface area contributed by atoms with Crippen molar-refractivity contribution in [3.05, 3.63) is 76.9 Å². The van der Waals surface area contributed by atoms with Crippen LogP contribution in [0.1, 0.15) is 16.3 Å². The minimum absolute atomic E-state index is 0.00238. The number of benzene rings is 1. The number of rotatable bonds is 6. The molecular weight excluding hydrogens is 404 g/mol. The molecule has 0 radical (unpaired) electrons. The van der Waals surface area contributed by atoms with Crippen molar-refractivity contribution in [3.8, 4) is 5.75 Å². The fourth-order valence-electron chi connectivity index (χ4n) is 2.81. The first kappa shape index (κ1) is 19.9. The Morgan fingerprint density at radius 1 is 1.13 bits per heavy atom. The summed E-state index contributed by atoms with van der Waals surface area (Å²) < 4.78 is 13.6. The zero-order valence-corrected chi connectivity index (χ0v) is 16.4. The number of para-hydroxylation sites is 1. The molecule has 158 valence electrons. The molecule has 0 saturated carbocycles. The summed E-state index contributed by atoms with van der Waals surface area (Å²) in [7, 11) is 1.66. The first-order valence-electron chi connectivity index (χ1n) is 9.24. The van der Waals surface area contributed by atoms with Crippen LogP contribution in [0.2, 0.25) is 0 Å². The number of hydrazine groups is 1. The lowest BCUT2D eigenvalue weighted by molar-refractivity contribution is -0.122. The summed E-state index contributed by atoms with van der Waals surface area (Å²) >= 11 is 0. The van der Waals surface area contributed by atoms with Gasteiger partial charge in [0, 0.05) is 7.05 Å². The van der Waals surface area contributed by atoms with Crippen LogP contribution in [0.15, 0.2) is 64.2 Å². The van der Waals surface area contributed by atoms with Gasteiger partial charge in [-0.2, -0.15) is 5.10 Å². The third-order valence-electron chi connectivity index (χ3n) is 4.36. The molecule has 3 heterocycles. The van der Waals surface area contributed by atoms with Crippen LogP contribution < -0.4 is 21.1 Å². The van der Waals surface area contributed by atoms with Crippen LogP contribution in [0.3, 0.4) is 0 Å². The van der Waals surface area contributed by atoms with Crippen LogP contribution in [0.5, 0.6) is 5.75 Å². The van der Waals surface area contributed by atoms with E-state index in [9.17, 15) is 14.4 Å². The Morgan fingerprint density at radius 3 is 2.74 bits per heavy atom. The van der Waals surface area contributed by atoms with Crippen molar-refractivity contribution in [3.63, 3.8) is 0 Å². The number of aryl methyl sites for hydroxylation is 1. The molecule has 2 amide bonds. The van der Waals surface area contributed by atoms with E-state index in [4.69, 9.17) is 9.15 Å². The highest BCUT2D eigenvalue weighted by atomic mass is 16.5. The molecule has 11 heteroatoms. The normalized spacial score (nSPS) is 10.7. The monoisotopic (exact) mass is 422 g/mol. The van der Waals surface area contributed by atoms with Gasteiger partial charge in [0.2, 0.25) is 0 Å². The molecule has 3 aromatic heterocycles. The van der Waals surface area contributed by atoms with Gasteiger partial charge in [-0.15, -0.1) is 0 Å². The van der Waals surface area contributed by atoms with Gasteiger partial charge in [-0.1, -0.05) is 18.2 Å². The van der Waals surface area contributed by atoms with E-state index in [1.165, 1.54) is 23.3 Å². The van der Waals surface area contributed by atoms with Gasteiger partial charge in [0.25, 0.3) is 11.5 Å². The van der Waals surface area contributed by atoms with Gasteiger partial charge in [-0.3, -0.25) is 34.5 Å². The fraction of sp³-hybridized carbons (Fsp3) is 0.150. The molecule has 4 rings (SSSR count). The topological polar surface area (TPSA) is 133 Å². The van der Waals surface area contributed by atoms with Gasteiger partial charge in [-0.05, 0) is 24.3 Å². The number of amides is 2. The van der Waals surface area contributed by atoms with Crippen molar-refractivity contribution < 1.29 is 18.7 Å². The third kappa shape index (κ3) is 4.45. The number of carbonyl (C=O) groups excluding carboxylic acids is 2. The highest BCUT2D eigenvalue weighted by molar-refractivity contribution is 5.92. The second-order valence-corrected chi connectivity index (χ2v) is 6.55. The van der Waals surface area contributed by atoms with Gasteiger partial charge in [-0.25, -0.2) is 4.98 Å². The number of hydrogen-bond donors (Lipinski definition) is 2. The minimum atomic E-state index is -0.646. The van der Waals surface area contributed by atoms with Crippen LogP contribution in [0.4, 0.5) is 0 Å². The molecule has 0 atom stereocenters. The van der Waals surface area contributed by atoms with Crippen molar-refractivity contribution in [2.75, 3.05) is 0 Å². The Balaban J connectivity index is 1.30. The lowest BCUT2D eigenvalue weighted by Crippen LogP contribution is -2.44. The van der Waals surface area contributed by atoms with E-state index in [1.54, 1.807) is 25.2 Å². The maximum Gasteiger partial charge on any atom is 0.305 e. The zero-order valence-electron chi connectivity index (χ0n) is 16.4. The number of nitrogens with one attached hydrogen (secondary N) is 2. The lowest BCUT2D eigenvalue weighted by atomic mass is 10.3. The van der Waals surface area contributed by atoms with E-state index >= 15 is 0 Å². The van der Waals surface area contributed by atoms with Crippen molar-refractivity contribution in [1.82, 2.24) is 30.2 Å². The lowest BCUT2D eigenvalue weighted by Gasteiger charge is -2.08. The van der Waals surface area contributed by atoms with Crippen LogP contribution in [0.25, 0.3) is 11.0 Å². The molecule has 0 bridgehead atoms. The van der Waals surface area contributed by atoms with Crippen LogP contribution in [-0.2, 0) is 25.0 Å². The molecule has 0 fully saturated rings. The average Bonchev–Trinajstić information content (AvgIpc) is 3.41. The quantitative estimate of drug-likeness (QED) is 0.438. The van der Waals surface area contributed by atoms with E-state index in [0.717, 1.165) is 4.57 Å². The van der Waals surface area contributed by atoms with E-state index in [2.05, 4.69) is 20.9 Å². The molecule has 2 N–H and O–H groups in total. The summed E-state index contributed by atoms with van der Waals surface area (Å²) in [6.45, 7) is -0.179. The number of ether oxygens (including phenoxy) is 1. The van der Waals surface area contributed by atoms with E-state index in [0.29, 0.717) is 22.5 Å². The molecule has 11 nitrogen and oxygen atoms in total. The Kier molecular flexibility index (Phi) is 5.47. The molecule has 4 aromatic rings. The summed E-state index contributed by atoms with van der Waals surface area (Å²) in [6, 6.07) is 12.2. The number of carbonyl (C=O) groups is 2. The van der Waals surface area contributed by atoms with Crippen molar-refractivity contribution in [2.45, 2.75) is 13.2 Å². The molecule has 0 aliphatic rings. The molecule has 31 heavy (non-hydrogen) atoms. The Bertz CT molecular complexity index is 1290. The number of aromatic nitrogens is 4. The molecule has 0 unspecified atom stereocenters. The third-order valence-corrected chi connectivity index (χ3v) is 4.36. The maximum atomic E-state index is 12.4. The Morgan fingerprint density at radius 2 is 1.94 bits per heavy atom. The van der Waals surface area contributed by atoms with Crippen molar-refractivity contribution in [2.24, 2.45) is 7.05 Å². The molecule has 1 aromatic carbocycles. The Labute approximate surface area is 175 Å². The molecular formula is C20H18N6O5. The van der Waals surface area contributed by atoms with Gasteiger partial charge in [0.1, 0.15) is 36.4 Å². The summed E-state index contributed by atoms with van der Waals surface area (Å²) in [6.07, 6.45) is 2.64. The smallest absolute Gasteiger partial charge is 0.305 e. The predicted octanol–water partition coefficient (Wildman–Crippen LogP) is 0.763. The van der Waals surface area contributed by atoms with Gasteiger partial charge < -0.3 is 9.15 Å². The predicted molar refractivity (Wildman–Crippen MR) is 108 cm³/mol. The average molecular weight is 422 g/mol. The fourth-order valence-corrected chi connectivity index (χ4v) is 2.81. The van der Waals surface area contributed by atoms with E-state index in [-0.39, 0.29) is 18.9 Å². The summed E-state index contributed by atoms with van der Waals surface area (Å²) in [5.74, 6) is -0.135. The van der Waals surface area contributed by atoms with Crippen molar-refractivity contribution >= 4 is 22.8 Å². The first-order chi connectivity index (χ1) is 15.0. The summed E-state index contributed by atoms with van der Waals surface area (Å²) in [5, 5.41) is 4.26. The summed E-state index contributed by atoms with van der Waals surface area (Å²) in [4.78, 5) is 40.8. The number of hydrogen-bond acceptors (Lipinski definition) is 7. The van der Waals surface area contributed by atoms with Gasteiger partial charge >= 0.3 is 5.91 Å². The zero-order chi connectivity index (χ0) is 21.8. The first-order valence-corrected chi connectivity index (χ1v) is 9.24. The highest BCUT2D eigenvalue weighted by Crippen LogP contribution is 2.13. The SMILES string of the molecule is Cn1ncc2c(=O)n(CC(=O)NNC(=O)c3ccc(COc4ccccc4)o3)cnc21. The van der Waals surface area contributed by atoms with Gasteiger partial charge in [0.05, 0.1) is 6.20 Å². The standard InChI is InChI=1S/C20H18N6O5/c1-25-18-15(9-22-25)20(29)26(12-21-18)10-17(27)23-24-19(28)16-8-7-14(31-16)11-30-13-5-3-2-4-6-13/h2-9,12H,10-11H2,1H3,(H,23,27)(H,24,28). The van der Waals surface area contributed by atoms with E-state index in [1.807, 2.05) is 18.2 Å². The highest BCUT2D eigenvalue weighted by Gasteiger charge is 2.14. The summed E-state index contributed by atoms with van der Waals surface area (Å²) in [5.41, 5.74) is 4.49. The van der Waals surface area contributed by atoms with Gasteiger partial charge in [0.15, 0.2) is 11.4 Å². The number of nitrogens with zero attached hydrogens (tertiary/aromatic N) is 4. The molecule has 0 aliphatic heterocycles. The number of furan rings is 1. The maximum absolute atomic E-state index is 12.4. The van der Waals surface area contributed by atoms with Crippen LogP contribution in [-0.4, -0.2) is 31.1 Å². The van der Waals surface area contributed by atoms with Crippen LogP contribution in [0, 0.1) is 0 Å². The minimum Gasteiger partial charge on any atom is -0.486 e. The number of fused-ring (bicyclic) bond motifs is 1. The largest absolute Gasteiger partial charge is 0.486 e. The van der Waals surface area contributed by atoms with Crippen molar-refractivity contribution in [1.29, 1.82) is 0 Å².